The van der Waals surface area contributed by atoms with E-state index in [1.165, 1.54) is 17.9 Å². The summed E-state index contributed by atoms with van der Waals surface area (Å²) in [6, 6.07) is 0. The van der Waals surface area contributed by atoms with Crippen LogP contribution in [0.25, 0.3) is 0 Å². The average molecular weight is 252 g/mol. The molecular formula is C11H16N4O3. The number of hydrogen-bond donors (Lipinski definition) is 1. The fourth-order valence-electron chi connectivity index (χ4n) is 2.03. The molecule has 2 rings (SSSR count). The summed E-state index contributed by atoms with van der Waals surface area (Å²) in [6.07, 6.45) is 1.32. The van der Waals surface area contributed by atoms with Crippen molar-refractivity contribution in [1.29, 1.82) is 0 Å². The van der Waals surface area contributed by atoms with Crippen molar-refractivity contribution in [3.05, 3.63) is 17.5 Å². The van der Waals surface area contributed by atoms with E-state index in [2.05, 4.69) is 10.00 Å². The van der Waals surface area contributed by atoms with Crippen molar-refractivity contribution in [1.82, 2.24) is 19.6 Å². The van der Waals surface area contributed by atoms with Gasteiger partial charge in [-0.2, -0.15) is 5.10 Å². The molecule has 2 heterocycles. The SMILES string of the molecule is CN1CCN(C(=O)c2cnn(C)c2C(=O)O)CC1. The molecule has 1 aliphatic rings. The van der Waals surface area contributed by atoms with E-state index in [0.29, 0.717) is 13.1 Å². The molecule has 0 saturated carbocycles. The summed E-state index contributed by atoms with van der Waals surface area (Å²) in [5.74, 6) is -1.39. The maximum absolute atomic E-state index is 12.2. The Labute approximate surface area is 105 Å². The van der Waals surface area contributed by atoms with E-state index in [0.717, 1.165) is 13.1 Å². The van der Waals surface area contributed by atoms with Crippen LogP contribution in [0.4, 0.5) is 0 Å². The van der Waals surface area contributed by atoms with Crippen molar-refractivity contribution in [2.24, 2.45) is 7.05 Å². The second-order valence-electron chi connectivity index (χ2n) is 4.43. The third-order valence-corrected chi connectivity index (χ3v) is 3.16. The highest BCUT2D eigenvalue weighted by atomic mass is 16.4. The van der Waals surface area contributed by atoms with E-state index in [9.17, 15) is 9.59 Å². The monoisotopic (exact) mass is 252 g/mol. The van der Waals surface area contributed by atoms with Gasteiger partial charge in [0.05, 0.1) is 11.8 Å². The molecule has 98 valence electrons. The van der Waals surface area contributed by atoms with Gasteiger partial charge in [-0.05, 0) is 7.05 Å². The molecule has 1 saturated heterocycles. The predicted octanol–water partition coefficient (Wildman–Crippen LogP) is -0.494. The van der Waals surface area contributed by atoms with Gasteiger partial charge in [0.1, 0.15) is 0 Å². The Kier molecular flexibility index (Phi) is 3.33. The van der Waals surface area contributed by atoms with Crippen LogP contribution in [0.1, 0.15) is 20.8 Å². The first-order valence-electron chi connectivity index (χ1n) is 5.74. The molecule has 0 radical (unpaired) electrons. The van der Waals surface area contributed by atoms with E-state index >= 15 is 0 Å². The molecule has 0 aromatic carbocycles. The molecule has 1 amide bonds. The van der Waals surface area contributed by atoms with Gasteiger partial charge in [-0.25, -0.2) is 4.79 Å². The summed E-state index contributed by atoms with van der Waals surface area (Å²) in [5, 5.41) is 12.9. The predicted molar refractivity (Wildman–Crippen MR) is 63.6 cm³/mol. The number of rotatable bonds is 2. The lowest BCUT2D eigenvalue weighted by atomic mass is 10.2. The first kappa shape index (κ1) is 12.6. The topological polar surface area (TPSA) is 78.7 Å². The number of aryl methyl sites for hydroxylation is 1. The Hall–Kier alpha value is -1.89. The molecule has 0 spiro atoms. The van der Waals surface area contributed by atoms with Gasteiger partial charge in [0.15, 0.2) is 5.69 Å². The molecule has 1 fully saturated rings. The van der Waals surface area contributed by atoms with Gasteiger partial charge in [-0.3, -0.25) is 9.48 Å². The Morgan fingerprint density at radius 3 is 2.39 bits per heavy atom. The summed E-state index contributed by atoms with van der Waals surface area (Å²) >= 11 is 0. The summed E-state index contributed by atoms with van der Waals surface area (Å²) in [4.78, 5) is 27.1. The van der Waals surface area contributed by atoms with Gasteiger partial charge in [-0.15, -0.1) is 0 Å². The summed E-state index contributed by atoms with van der Waals surface area (Å²) < 4.78 is 1.21. The minimum atomic E-state index is -1.13. The van der Waals surface area contributed by atoms with Crippen molar-refractivity contribution in [3.8, 4) is 0 Å². The zero-order chi connectivity index (χ0) is 13.3. The van der Waals surface area contributed by atoms with Crippen LogP contribution in [0.5, 0.6) is 0 Å². The molecule has 7 heteroatoms. The number of nitrogens with zero attached hydrogens (tertiary/aromatic N) is 4. The fraction of sp³-hybridized carbons (Fsp3) is 0.545. The first-order valence-corrected chi connectivity index (χ1v) is 5.74. The minimum absolute atomic E-state index is 0.0565. The number of carbonyl (C=O) groups excluding carboxylic acids is 1. The highest BCUT2D eigenvalue weighted by molar-refractivity contribution is 6.03. The zero-order valence-electron chi connectivity index (χ0n) is 10.5. The van der Waals surface area contributed by atoms with Gasteiger partial charge in [0, 0.05) is 33.2 Å². The third-order valence-electron chi connectivity index (χ3n) is 3.16. The lowest BCUT2D eigenvalue weighted by Gasteiger charge is -2.32. The fourth-order valence-corrected chi connectivity index (χ4v) is 2.03. The quantitative estimate of drug-likeness (QED) is 0.768. The van der Waals surface area contributed by atoms with Gasteiger partial charge >= 0.3 is 5.97 Å². The van der Waals surface area contributed by atoms with Crippen LogP contribution in [-0.2, 0) is 7.05 Å². The van der Waals surface area contributed by atoms with Crippen LogP contribution in [0.2, 0.25) is 0 Å². The second kappa shape index (κ2) is 4.77. The first-order chi connectivity index (χ1) is 8.50. The third kappa shape index (κ3) is 2.21. The number of carboxylic acids is 1. The Bertz CT molecular complexity index is 475. The molecule has 18 heavy (non-hydrogen) atoms. The molecule has 1 N–H and O–H groups in total. The number of carbonyl (C=O) groups is 2. The molecule has 0 aliphatic carbocycles. The number of carboxylic acid groups (broad SMARTS) is 1. The van der Waals surface area contributed by atoms with Crippen molar-refractivity contribution in [3.63, 3.8) is 0 Å². The number of likely N-dealkylation sites (N-methyl/N-ethyl adjacent to an activating group) is 1. The number of aromatic carboxylic acids is 1. The standard InChI is InChI=1S/C11H16N4O3/c1-13-3-5-15(6-4-13)10(16)8-7-12-14(2)9(8)11(17)18/h7H,3-6H2,1-2H3,(H,17,18). The zero-order valence-corrected chi connectivity index (χ0v) is 10.5. The van der Waals surface area contributed by atoms with Crippen molar-refractivity contribution >= 4 is 11.9 Å². The molecule has 0 atom stereocenters. The van der Waals surface area contributed by atoms with Crippen molar-refractivity contribution in [2.45, 2.75) is 0 Å². The highest BCUT2D eigenvalue weighted by Gasteiger charge is 2.27. The summed E-state index contributed by atoms with van der Waals surface area (Å²) in [6.45, 7) is 2.83. The highest BCUT2D eigenvalue weighted by Crippen LogP contribution is 2.12. The lowest BCUT2D eigenvalue weighted by molar-refractivity contribution is 0.0630. The Morgan fingerprint density at radius 2 is 1.83 bits per heavy atom. The molecule has 7 nitrogen and oxygen atoms in total. The van der Waals surface area contributed by atoms with Crippen LogP contribution in [0, 0.1) is 0 Å². The molecule has 0 unspecified atom stereocenters. The van der Waals surface area contributed by atoms with E-state index in [1.54, 1.807) is 4.90 Å². The van der Waals surface area contributed by atoms with Crippen LogP contribution in [0.15, 0.2) is 6.20 Å². The van der Waals surface area contributed by atoms with E-state index in [1.807, 2.05) is 7.05 Å². The molecule has 0 bridgehead atoms. The molecular weight excluding hydrogens is 236 g/mol. The van der Waals surface area contributed by atoms with E-state index in [4.69, 9.17) is 5.11 Å². The maximum atomic E-state index is 12.2. The Morgan fingerprint density at radius 1 is 1.22 bits per heavy atom. The van der Waals surface area contributed by atoms with Crippen LogP contribution in [0.3, 0.4) is 0 Å². The second-order valence-corrected chi connectivity index (χ2v) is 4.43. The number of amides is 1. The van der Waals surface area contributed by atoms with Crippen molar-refractivity contribution < 1.29 is 14.7 Å². The average Bonchev–Trinajstić information content (AvgIpc) is 2.71. The molecule has 1 aliphatic heterocycles. The lowest BCUT2D eigenvalue weighted by Crippen LogP contribution is -2.47. The Balaban J connectivity index is 2.21. The maximum Gasteiger partial charge on any atom is 0.354 e. The largest absolute Gasteiger partial charge is 0.477 e. The summed E-state index contributed by atoms with van der Waals surface area (Å²) in [5.41, 5.74) is 0.105. The van der Waals surface area contributed by atoms with Gasteiger partial charge < -0.3 is 14.9 Å². The van der Waals surface area contributed by atoms with Crippen LogP contribution in [-0.4, -0.2) is 69.8 Å². The molecule has 1 aromatic heterocycles. The van der Waals surface area contributed by atoms with E-state index < -0.39 is 5.97 Å². The summed E-state index contributed by atoms with van der Waals surface area (Å²) in [7, 11) is 3.51. The smallest absolute Gasteiger partial charge is 0.354 e. The van der Waals surface area contributed by atoms with Crippen LogP contribution >= 0.6 is 0 Å². The number of hydrogen-bond acceptors (Lipinski definition) is 4. The van der Waals surface area contributed by atoms with Gasteiger partial charge in [0.25, 0.3) is 5.91 Å². The van der Waals surface area contributed by atoms with Crippen LogP contribution < -0.4 is 0 Å². The van der Waals surface area contributed by atoms with E-state index in [-0.39, 0.29) is 17.2 Å². The number of piperazine rings is 1. The molecule has 1 aromatic rings. The van der Waals surface area contributed by atoms with Gasteiger partial charge in [-0.1, -0.05) is 0 Å². The van der Waals surface area contributed by atoms with Crippen molar-refractivity contribution in [2.75, 3.05) is 33.2 Å². The number of aromatic nitrogens is 2. The van der Waals surface area contributed by atoms with Gasteiger partial charge in [0.2, 0.25) is 0 Å². The minimum Gasteiger partial charge on any atom is -0.477 e. The normalized spacial score (nSPS) is 16.9.